The normalized spacial score (nSPS) is 18.3. The van der Waals surface area contributed by atoms with Crippen molar-refractivity contribution in [3.8, 4) is 0 Å². The molecule has 7 heteroatoms. The van der Waals surface area contributed by atoms with Gasteiger partial charge in [-0.05, 0) is 35.2 Å². The van der Waals surface area contributed by atoms with Gasteiger partial charge in [0, 0.05) is 18.4 Å². The van der Waals surface area contributed by atoms with E-state index in [1.807, 2.05) is 0 Å². The van der Waals surface area contributed by atoms with Crippen molar-refractivity contribution < 1.29 is 0 Å². The number of hydrogen-bond donors (Lipinski definition) is 0. The number of unbranched alkanes of at least 4 members (excludes halogenated alkanes) is 2. The Balaban J connectivity index is 1.94. The van der Waals surface area contributed by atoms with Gasteiger partial charge >= 0.3 is 0 Å². The molecule has 4 rings (SSSR count). The standard InChI is InChI=1S/C16H20BrN5O/c1-3-4-5-8-21-12-10(9-11(17)18-12)13(23)22-14(16(2)6-7-16)19-20-15(21)22/h3-9H2,1-2H3. The summed E-state index contributed by atoms with van der Waals surface area (Å²) < 4.78 is 4.62. The molecular weight excluding hydrogens is 358 g/mol. The fraction of sp³-hybridized carbons (Fsp3) is 0.625. The molecule has 2 aromatic rings. The highest BCUT2D eigenvalue weighted by Gasteiger charge is 2.44. The van der Waals surface area contributed by atoms with Crippen molar-refractivity contribution in [3.05, 3.63) is 21.7 Å². The first-order valence-electron chi connectivity index (χ1n) is 8.29. The molecule has 2 aromatic heterocycles. The van der Waals surface area contributed by atoms with Gasteiger partial charge in [-0.25, -0.2) is 9.39 Å². The van der Waals surface area contributed by atoms with Crippen LogP contribution in [0.3, 0.4) is 0 Å². The van der Waals surface area contributed by atoms with E-state index in [9.17, 15) is 4.79 Å². The Labute approximate surface area is 142 Å². The maximum atomic E-state index is 13.0. The highest BCUT2D eigenvalue weighted by Crippen LogP contribution is 2.46. The summed E-state index contributed by atoms with van der Waals surface area (Å²) in [6, 6.07) is 0. The number of aryl methyl sites for hydroxylation is 1. The highest BCUT2D eigenvalue weighted by molar-refractivity contribution is 9.18. The lowest BCUT2D eigenvalue weighted by Gasteiger charge is -2.13. The van der Waals surface area contributed by atoms with Gasteiger partial charge in [0.25, 0.3) is 5.56 Å². The Bertz CT molecular complexity index is 875. The second-order valence-electron chi connectivity index (χ2n) is 6.85. The predicted molar refractivity (Wildman–Crippen MR) is 93.1 cm³/mol. The van der Waals surface area contributed by atoms with Gasteiger partial charge in [0.15, 0.2) is 0 Å². The van der Waals surface area contributed by atoms with E-state index in [0.29, 0.717) is 12.2 Å². The van der Waals surface area contributed by atoms with E-state index in [4.69, 9.17) is 0 Å². The van der Waals surface area contributed by atoms with Crippen molar-refractivity contribution in [1.29, 1.82) is 0 Å². The van der Waals surface area contributed by atoms with E-state index in [1.54, 1.807) is 4.40 Å². The minimum absolute atomic E-state index is 0.00472. The van der Waals surface area contributed by atoms with Crippen LogP contribution >= 0.6 is 15.9 Å². The Kier molecular flexibility index (Phi) is 3.44. The molecular formula is C16H20BrN5O. The van der Waals surface area contributed by atoms with E-state index in [0.717, 1.165) is 60.5 Å². The summed E-state index contributed by atoms with van der Waals surface area (Å²) in [5, 5.41) is 8.73. The third kappa shape index (κ3) is 2.28. The lowest BCUT2D eigenvalue weighted by atomic mass is 10.1. The largest absolute Gasteiger partial charge is 0.294 e. The van der Waals surface area contributed by atoms with E-state index in [2.05, 4.69) is 49.5 Å². The minimum atomic E-state index is -0.00642. The molecule has 122 valence electrons. The van der Waals surface area contributed by atoms with Crippen molar-refractivity contribution in [3.63, 3.8) is 0 Å². The van der Waals surface area contributed by atoms with Crippen LogP contribution in [0.2, 0.25) is 0 Å². The van der Waals surface area contributed by atoms with Gasteiger partial charge in [-0.1, -0.05) is 26.7 Å². The SMILES string of the molecule is CCCCCn1c2c(c(=O)n3c(C4(C)CC4)nnc13)CC(Br)=N2. The van der Waals surface area contributed by atoms with Crippen molar-refractivity contribution >= 4 is 32.1 Å². The molecule has 0 N–H and O–H groups in total. The van der Waals surface area contributed by atoms with E-state index >= 15 is 0 Å². The summed E-state index contributed by atoms with van der Waals surface area (Å²) in [7, 11) is 0. The maximum Gasteiger partial charge on any atom is 0.266 e. The van der Waals surface area contributed by atoms with E-state index in [1.165, 1.54) is 0 Å². The van der Waals surface area contributed by atoms with Crippen LogP contribution in [0, 0.1) is 0 Å². The fourth-order valence-electron chi connectivity index (χ4n) is 3.24. The van der Waals surface area contributed by atoms with Gasteiger partial charge in [0.2, 0.25) is 5.78 Å². The van der Waals surface area contributed by atoms with Crippen LogP contribution in [-0.4, -0.2) is 23.8 Å². The Morgan fingerprint density at radius 2 is 2.04 bits per heavy atom. The molecule has 1 fully saturated rings. The number of nitrogens with zero attached hydrogens (tertiary/aromatic N) is 5. The maximum absolute atomic E-state index is 13.0. The average molecular weight is 378 g/mol. The fourth-order valence-corrected chi connectivity index (χ4v) is 3.68. The van der Waals surface area contributed by atoms with Crippen molar-refractivity contribution in [2.75, 3.05) is 0 Å². The van der Waals surface area contributed by atoms with E-state index < -0.39 is 0 Å². The zero-order chi connectivity index (χ0) is 16.2. The Morgan fingerprint density at radius 1 is 1.26 bits per heavy atom. The number of fused-ring (bicyclic) bond motifs is 2. The lowest BCUT2D eigenvalue weighted by Crippen LogP contribution is -2.25. The van der Waals surface area contributed by atoms with Crippen LogP contribution in [0.1, 0.15) is 57.3 Å². The van der Waals surface area contributed by atoms with Gasteiger partial charge in [-0.15, -0.1) is 10.2 Å². The number of halogens is 1. The number of aliphatic imine (C=N–C) groups is 1. The number of hydrogen-bond acceptors (Lipinski definition) is 4. The van der Waals surface area contributed by atoms with Crippen molar-refractivity contribution in [1.82, 2.24) is 19.2 Å². The zero-order valence-electron chi connectivity index (χ0n) is 13.5. The highest BCUT2D eigenvalue weighted by atomic mass is 79.9. The average Bonchev–Trinajstić information content (AvgIpc) is 2.97. The predicted octanol–water partition coefficient (Wildman–Crippen LogP) is 3.11. The molecule has 6 nitrogen and oxygen atoms in total. The van der Waals surface area contributed by atoms with Crippen LogP contribution in [0.4, 0.5) is 5.82 Å². The first-order valence-corrected chi connectivity index (χ1v) is 9.09. The van der Waals surface area contributed by atoms with Crippen LogP contribution in [0.25, 0.3) is 5.78 Å². The van der Waals surface area contributed by atoms with Crippen LogP contribution in [0.5, 0.6) is 0 Å². The minimum Gasteiger partial charge on any atom is -0.294 e. The molecule has 2 aliphatic rings. The number of rotatable bonds is 5. The second kappa shape index (κ2) is 5.26. The van der Waals surface area contributed by atoms with Gasteiger partial charge in [-0.2, -0.15) is 0 Å². The van der Waals surface area contributed by atoms with E-state index in [-0.39, 0.29) is 11.0 Å². The molecule has 0 atom stereocenters. The molecule has 0 bridgehead atoms. The molecule has 1 saturated carbocycles. The molecule has 1 aliphatic heterocycles. The van der Waals surface area contributed by atoms with Crippen molar-refractivity contribution in [2.24, 2.45) is 4.99 Å². The summed E-state index contributed by atoms with van der Waals surface area (Å²) in [6.45, 7) is 5.16. The summed E-state index contributed by atoms with van der Waals surface area (Å²) in [4.78, 5) is 17.5. The van der Waals surface area contributed by atoms with Gasteiger partial charge in [0.1, 0.15) is 11.6 Å². The second-order valence-corrected chi connectivity index (χ2v) is 7.77. The Hall–Kier alpha value is -1.50. The van der Waals surface area contributed by atoms with Gasteiger partial charge < -0.3 is 0 Å². The smallest absolute Gasteiger partial charge is 0.266 e. The van der Waals surface area contributed by atoms with Crippen LogP contribution in [0.15, 0.2) is 9.79 Å². The van der Waals surface area contributed by atoms with Crippen molar-refractivity contribution in [2.45, 2.75) is 64.3 Å². The van der Waals surface area contributed by atoms with Crippen LogP contribution < -0.4 is 5.56 Å². The molecule has 0 radical (unpaired) electrons. The third-order valence-corrected chi connectivity index (χ3v) is 5.41. The molecule has 0 amide bonds. The molecule has 23 heavy (non-hydrogen) atoms. The number of aromatic nitrogens is 4. The van der Waals surface area contributed by atoms with Gasteiger partial charge in [-0.3, -0.25) is 9.36 Å². The topological polar surface area (TPSA) is 64.5 Å². The van der Waals surface area contributed by atoms with Gasteiger partial charge in [0.05, 0.1) is 10.2 Å². The summed E-state index contributed by atoms with van der Waals surface area (Å²) >= 11 is 3.45. The lowest BCUT2D eigenvalue weighted by molar-refractivity contribution is 0.600. The summed E-state index contributed by atoms with van der Waals surface area (Å²) in [6.07, 6.45) is 6.05. The monoisotopic (exact) mass is 377 g/mol. The molecule has 3 heterocycles. The molecule has 1 aliphatic carbocycles. The van der Waals surface area contributed by atoms with Crippen LogP contribution in [-0.2, 0) is 18.4 Å². The summed E-state index contributed by atoms with van der Waals surface area (Å²) in [5.41, 5.74) is 0.754. The summed E-state index contributed by atoms with van der Waals surface area (Å²) in [5.74, 6) is 2.21. The molecule has 0 saturated heterocycles. The molecule has 0 aromatic carbocycles. The molecule has 0 spiro atoms. The Morgan fingerprint density at radius 3 is 2.74 bits per heavy atom. The zero-order valence-corrected chi connectivity index (χ0v) is 15.1. The first-order chi connectivity index (χ1) is 11.0. The third-order valence-electron chi connectivity index (χ3n) is 4.95. The first kappa shape index (κ1) is 15.1. The molecule has 0 unspecified atom stereocenters. The quantitative estimate of drug-likeness (QED) is 0.751.